The monoisotopic (exact) mass is 478 g/mol. The van der Waals surface area contributed by atoms with Gasteiger partial charge in [-0.1, -0.05) is 99.7 Å². The molecule has 0 aromatic heterocycles. The summed E-state index contributed by atoms with van der Waals surface area (Å²) in [4.78, 5) is 39.8. The molecule has 6 heteroatoms. The summed E-state index contributed by atoms with van der Waals surface area (Å²) in [5.74, 6) is -1.40. The Morgan fingerprint density at radius 3 is 2.14 bits per heavy atom. The summed E-state index contributed by atoms with van der Waals surface area (Å²) in [7, 11) is 0. The van der Waals surface area contributed by atoms with E-state index in [0.29, 0.717) is 32.1 Å². The predicted molar refractivity (Wildman–Crippen MR) is 137 cm³/mol. The van der Waals surface area contributed by atoms with Gasteiger partial charge in [-0.3, -0.25) is 9.59 Å². The minimum absolute atomic E-state index is 0.300. The van der Waals surface area contributed by atoms with Crippen molar-refractivity contribution in [1.29, 1.82) is 0 Å². The molecule has 1 aliphatic carbocycles. The van der Waals surface area contributed by atoms with Crippen LogP contribution in [-0.4, -0.2) is 28.4 Å². The standard InChI is InChI=1S/C29H38N2O4/c1-3-4-20-29(31-27(34)35,25(32)26(33)30-22(2)24-16-10-6-11-17-24)28(18-12-7-13-19-28)21-23-14-8-5-9-15-23/h5-6,8-11,14-17,22,31H,3-4,7,12-13,18-21H2,1-2H3,(H,30,33)(H,34,35)/t22-,29?/m1/s1. The van der Waals surface area contributed by atoms with Crippen molar-refractivity contribution in [3.8, 4) is 0 Å². The molecule has 3 N–H and O–H groups in total. The number of unbranched alkanes of at least 4 members (excludes halogenated alkanes) is 1. The van der Waals surface area contributed by atoms with Gasteiger partial charge in [0.1, 0.15) is 5.54 Å². The lowest BCUT2D eigenvalue weighted by atomic mass is 9.55. The second-order valence-corrected chi connectivity index (χ2v) is 9.88. The maximum Gasteiger partial charge on any atom is 0.405 e. The van der Waals surface area contributed by atoms with Crippen molar-refractivity contribution in [2.24, 2.45) is 5.41 Å². The molecule has 35 heavy (non-hydrogen) atoms. The number of benzene rings is 2. The first-order chi connectivity index (χ1) is 16.8. The molecule has 0 saturated heterocycles. The number of nitrogens with one attached hydrogen (secondary N) is 2. The van der Waals surface area contributed by atoms with Crippen LogP contribution in [0.1, 0.15) is 82.4 Å². The van der Waals surface area contributed by atoms with E-state index in [9.17, 15) is 19.5 Å². The highest BCUT2D eigenvalue weighted by atomic mass is 16.4. The van der Waals surface area contributed by atoms with E-state index in [2.05, 4.69) is 10.6 Å². The Morgan fingerprint density at radius 2 is 1.57 bits per heavy atom. The molecular weight excluding hydrogens is 440 g/mol. The molecule has 0 radical (unpaired) electrons. The fourth-order valence-corrected chi connectivity index (χ4v) is 5.75. The fourth-order valence-electron chi connectivity index (χ4n) is 5.75. The lowest BCUT2D eigenvalue weighted by molar-refractivity contribution is -0.147. The van der Waals surface area contributed by atoms with E-state index in [1.807, 2.05) is 74.5 Å². The molecule has 0 heterocycles. The first kappa shape index (κ1) is 26.5. The molecule has 3 rings (SSSR count). The van der Waals surface area contributed by atoms with E-state index < -0.39 is 28.7 Å². The van der Waals surface area contributed by atoms with Crippen LogP contribution >= 0.6 is 0 Å². The summed E-state index contributed by atoms with van der Waals surface area (Å²) in [6, 6.07) is 19.0. The quantitative estimate of drug-likeness (QED) is 0.355. The van der Waals surface area contributed by atoms with Crippen LogP contribution in [-0.2, 0) is 16.0 Å². The van der Waals surface area contributed by atoms with E-state index in [1.165, 1.54) is 0 Å². The molecule has 6 nitrogen and oxygen atoms in total. The minimum atomic E-state index is -1.49. The number of carbonyl (C=O) groups excluding carboxylic acids is 2. The number of carboxylic acid groups (broad SMARTS) is 1. The van der Waals surface area contributed by atoms with Crippen LogP contribution in [0.25, 0.3) is 0 Å². The van der Waals surface area contributed by atoms with Gasteiger partial charge in [-0.2, -0.15) is 0 Å². The first-order valence-electron chi connectivity index (χ1n) is 12.8. The van der Waals surface area contributed by atoms with E-state index in [-0.39, 0.29) is 6.04 Å². The maximum atomic E-state index is 14.1. The van der Waals surface area contributed by atoms with Crippen molar-refractivity contribution in [2.45, 2.75) is 83.2 Å². The van der Waals surface area contributed by atoms with Gasteiger partial charge in [-0.15, -0.1) is 0 Å². The SMILES string of the molecule is CCCCC(NC(=O)O)(C(=O)C(=O)N[C@H](C)c1ccccc1)C1(Cc2ccccc2)CCCCC1. The third-order valence-corrected chi connectivity index (χ3v) is 7.57. The average molecular weight is 479 g/mol. The number of hydrogen-bond acceptors (Lipinski definition) is 3. The number of rotatable bonds is 11. The van der Waals surface area contributed by atoms with Crippen molar-refractivity contribution >= 4 is 17.8 Å². The smallest absolute Gasteiger partial charge is 0.405 e. The number of hydrogen-bond donors (Lipinski definition) is 3. The third kappa shape index (κ3) is 6.11. The minimum Gasteiger partial charge on any atom is -0.465 e. The van der Waals surface area contributed by atoms with Crippen LogP contribution < -0.4 is 10.6 Å². The highest BCUT2D eigenvalue weighted by Crippen LogP contribution is 2.50. The largest absolute Gasteiger partial charge is 0.465 e. The molecule has 2 atom stereocenters. The van der Waals surface area contributed by atoms with Crippen molar-refractivity contribution in [2.75, 3.05) is 0 Å². The number of Topliss-reactive ketones (excluding diaryl/α,β-unsaturated/α-hetero) is 1. The van der Waals surface area contributed by atoms with Crippen LogP contribution in [0.4, 0.5) is 4.79 Å². The Kier molecular flexibility index (Phi) is 9.07. The Balaban J connectivity index is 2.04. The molecule has 1 saturated carbocycles. The molecule has 1 aliphatic rings. The average Bonchev–Trinajstić information content (AvgIpc) is 2.87. The van der Waals surface area contributed by atoms with E-state index in [1.54, 1.807) is 0 Å². The van der Waals surface area contributed by atoms with Crippen molar-refractivity contribution in [3.63, 3.8) is 0 Å². The summed E-state index contributed by atoms with van der Waals surface area (Å²) in [6.07, 6.45) is 5.24. The number of ketones is 1. The zero-order valence-electron chi connectivity index (χ0n) is 20.9. The van der Waals surface area contributed by atoms with Gasteiger partial charge in [0, 0.05) is 5.41 Å². The zero-order chi connectivity index (χ0) is 25.3. The van der Waals surface area contributed by atoms with Crippen LogP contribution in [0.15, 0.2) is 60.7 Å². The topological polar surface area (TPSA) is 95.5 Å². The predicted octanol–water partition coefficient (Wildman–Crippen LogP) is 5.82. The van der Waals surface area contributed by atoms with Crippen molar-refractivity contribution in [3.05, 3.63) is 71.8 Å². The molecule has 2 amide bonds. The second-order valence-electron chi connectivity index (χ2n) is 9.88. The summed E-state index contributed by atoms with van der Waals surface area (Å²) in [5.41, 5.74) is -0.236. The Labute approximate surface area is 208 Å². The molecular formula is C29H38N2O4. The van der Waals surface area contributed by atoms with Gasteiger partial charge >= 0.3 is 6.09 Å². The first-order valence-corrected chi connectivity index (χ1v) is 12.8. The number of carbonyl (C=O) groups is 3. The molecule has 0 aliphatic heterocycles. The molecule has 1 fully saturated rings. The molecule has 2 aromatic carbocycles. The molecule has 0 bridgehead atoms. The molecule has 0 spiro atoms. The van der Waals surface area contributed by atoms with Crippen LogP contribution in [0.2, 0.25) is 0 Å². The van der Waals surface area contributed by atoms with Crippen LogP contribution in [0.3, 0.4) is 0 Å². The second kappa shape index (κ2) is 12.0. The fraction of sp³-hybridized carbons (Fsp3) is 0.483. The molecule has 188 valence electrons. The molecule has 2 aromatic rings. The van der Waals surface area contributed by atoms with Gasteiger partial charge in [0.15, 0.2) is 0 Å². The number of amides is 2. The normalized spacial score (nSPS) is 17.5. The van der Waals surface area contributed by atoms with Crippen LogP contribution in [0.5, 0.6) is 0 Å². The summed E-state index contributed by atoms with van der Waals surface area (Å²) in [6.45, 7) is 3.84. The van der Waals surface area contributed by atoms with Gasteiger partial charge in [-0.05, 0) is 43.7 Å². The van der Waals surface area contributed by atoms with Gasteiger partial charge in [0.25, 0.3) is 5.91 Å². The van der Waals surface area contributed by atoms with E-state index in [0.717, 1.165) is 36.8 Å². The Bertz CT molecular complexity index is 986. The highest BCUT2D eigenvalue weighted by Gasteiger charge is 2.58. The Morgan fingerprint density at radius 1 is 0.971 bits per heavy atom. The van der Waals surface area contributed by atoms with Gasteiger partial charge in [0.2, 0.25) is 5.78 Å². The molecule has 1 unspecified atom stereocenters. The van der Waals surface area contributed by atoms with Crippen molar-refractivity contribution < 1.29 is 19.5 Å². The summed E-state index contributed by atoms with van der Waals surface area (Å²) in [5, 5.41) is 15.5. The lowest BCUT2D eigenvalue weighted by Crippen LogP contribution is -2.68. The van der Waals surface area contributed by atoms with Gasteiger partial charge in [-0.25, -0.2) is 4.79 Å². The lowest BCUT2D eigenvalue weighted by Gasteiger charge is -2.51. The van der Waals surface area contributed by atoms with Gasteiger partial charge in [0.05, 0.1) is 6.04 Å². The third-order valence-electron chi connectivity index (χ3n) is 7.57. The van der Waals surface area contributed by atoms with E-state index in [4.69, 9.17) is 0 Å². The van der Waals surface area contributed by atoms with Crippen LogP contribution in [0, 0.1) is 5.41 Å². The van der Waals surface area contributed by atoms with Gasteiger partial charge < -0.3 is 15.7 Å². The van der Waals surface area contributed by atoms with E-state index >= 15 is 0 Å². The zero-order valence-corrected chi connectivity index (χ0v) is 20.9. The van der Waals surface area contributed by atoms with Crippen molar-refractivity contribution in [1.82, 2.24) is 10.6 Å². The maximum absolute atomic E-state index is 14.1. The Hall–Kier alpha value is -3.15. The summed E-state index contributed by atoms with van der Waals surface area (Å²) < 4.78 is 0. The summed E-state index contributed by atoms with van der Waals surface area (Å²) >= 11 is 0. The highest BCUT2D eigenvalue weighted by molar-refractivity contribution is 6.40.